The fourth-order valence-electron chi connectivity index (χ4n) is 0.956. The first-order chi connectivity index (χ1) is 7.62. The van der Waals surface area contributed by atoms with E-state index in [1.807, 2.05) is 0 Å². The number of hydrogen-bond acceptors (Lipinski definition) is 6. The maximum absolute atomic E-state index is 11.6. The van der Waals surface area contributed by atoms with Crippen LogP contribution in [0.4, 0.5) is 5.95 Å². The highest BCUT2D eigenvalue weighted by Crippen LogP contribution is 2.11. The van der Waals surface area contributed by atoms with E-state index >= 15 is 0 Å². The Morgan fingerprint density at radius 1 is 1.50 bits per heavy atom. The number of nitrogens with zero attached hydrogens (tertiary/aromatic N) is 3. The minimum atomic E-state index is -3.72. The molecule has 86 valence electrons. The summed E-state index contributed by atoms with van der Waals surface area (Å²) in [5.41, 5.74) is 0. The third-order valence-corrected chi connectivity index (χ3v) is 2.91. The zero-order valence-corrected chi connectivity index (χ0v) is 8.95. The molecule has 0 radical (unpaired) electrons. The Kier molecular flexibility index (Phi) is 2.48. The maximum atomic E-state index is 11.6. The number of imidazole rings is 1. The first-order valence-electron chi connectivity index (χ1n) is 4.09. The highest BCUT2D eigenvalue weighted by atomic mass is 32.2. The van der Waals surface area contributed by atoms with E-state index in [9.17, 15) is 8.42 Å². The Bertz CT molecular complexity index is 559. The van der Waals surface area contributed by atoms with E-state index in [0.29, 0.717) is 0 Å². The molecule has 2 heterocycles. The van der Waals surface area contributed by atoms with Crippen LogP contribution in [0.1, 0.15) is 0 Å². The van der Waals surface area contributed by atoms with Crippen LogP contribution in [0.2, 0.25) is 0 Å². The van der Waals surface area contributed by atoms with Gasteiger partial charge >= 0.3 is 6.01 Å². The molecule has 2 rings (SSSR count). The fraction of sp³-hybridized carbons (Fsp3) is 0.167. The maximum Gasteiger partial charge on any atom is 0.336 e. The second kappa shape index (κ2) is 3.81. The van der Waals surface area contributed by atoms with E-state index in [0.717, 1.165) is 0 Å². The lowest BCUT2D eigenvalue weighted by molar-refractivity contribution is 0.382. The van der Waals surface area contributed by atoms with Gasteiger partial charge in [0.15, 0.2) is 5.03 Å². The molecule has 10 heteroatoms. The highest BCUT2D eigenvalue weighted by molar-refractivity contribution is 7.92. The average molecular weight is 244 g/mol. The quantitative estimate of drug-likeness (QED) is 0.655. The Labute approximate surface area is 90.3 Å². The van der Waals surface area contributed by atoms with Crippen LogP contribution < -0.4 is 9.46 Å². The van der Waals surface area contributed by atoms with Gasteiger partial charge in [0.1, 0.15) is 0 Å². The third-order valence-electron chi connectivity index (χ3n) is 1.64. The van der Waals surface area contributed by atoms with E-state index in [2.05, 4.69) is 29.9 Å². The Hall–Kier alpha value is -2.10. The van der Waals surface area contributed by atoms with Crippen molar-refractivity contribution in [2.24, 2.45) is 0 Å². The van der Waals surface area contributed by atoms with E-state index in [-0.39, 0.29) is 17.0 Å². The number of nitrogens with one attached hydrogen (secondary N) is 3. The van der Waals surface area contributed by atoms with Crippen molar-refractivity contribution in [3.8, 4) is 6.01 Å². The van der Waals surface area contributed by atoms with E-state index in [1.165, 1.54) is 19.6 Å². The van der Waals surface area contributed by atoms with Crippen molar-refractivity contribution in [1.82, 2.24) is 25.1 Å². The van der Waals surface area contributed by atoms with Gasteiger partial charge in [-0.05, 0) is 0 Å². The van der Waals surface area contributed by atoms with Crippen molar-refractivity contribution in [3.05, 3.63) is 12.5 Å². The van der Waals surface area contributed by atoms with Gasteiger partial charge in [0.05, 0.1) is 19.6 Å². The van der Waals surface area contributed by atoms with E-state index < -0.39 is 10.0 Å². The standard InChI is InChI=1S/C6H8N6O3S/c1-15-6-9-5(10-11-6)12-16(13,14)4-2-7-3-8-4/h2-3H,1H3,(H,7,8)(H2,9,10,11,12). The monoisotopic (exact) mass is 244 g/mol. The summed E-state index contributed by atoms with van der Waals surface area (Å²) in [6.07, 6.45) is 2.44. The lowest BCUT2D eigenvalue weighted by Crippen LogP contribution is -2.14. The first-order valence-corrected chi connectivity index (χ1v) is 5.58. The molecule has 0 amide bonds. The minimum absolute atomic E-state index is 0.0357. The number of H-pyrrole nitrogens is 2. The molecule has 0 aliphatic heterocycles. The molecule has 9 nitrogen and oxygen atoms in total. The zero-order valence-electron chi connectivity index (χ0n) is 8.13. The largest absolute Gasteiger partial charge is 0.466 e. The van der Waals surface area contributed by atoms with Gasteiger partial charge in [-0.15, -0.1) is 5.10 Å². The van der Waals surface area contributed by atoms with Gasteiger partial charge in [0, 0.05) is 0 Å². The van der Waals surface area contributed by atoms with Crippen molar-refractivity contribution in [3.63, 3.8) is 0 Å². The first kappa shape index (κ1) is 10.4. The normalized spacial score (nSPS) is 11.3. The van der Waals surface area contributed by atoms with Gasteiger partial charge in [0.2, 0.25) is 5.95 Å². The smallest absolute Gasteiger partial charge is 0.336 e. The SMILES string of the molecule is COc1n[nH]c(NS(=O)(=O)c2cnc[nH]2)n1. The van der Waals surface area contributed by atoms with Crippen LogP contribution in [0.25, 0.3) is 0 Å². The molecule has 0 bridgehead atoms. The number of rotatable bonds is 4. The molecule has 0 saturated carbocycles. The summed E-state index contributed by atoms with van der Waals surface area (Å²) in [5.74, 6) is -0.0357. The molecule has 3 N–H and O–H groups in total. The Morgan fingerprint density at radius 3 is 2.88 bits per heavy atom. The zero-order chi connectivity index (χ0) is 11.6. The molecule has 2 aromatic heterocycles. The minimum Gasteiger partial charge on any atom is -0.466 e. The molecule has 16 heavy (non-hydrogen) atoms. The van der Waals surface area contributed by atoms with Gasteiger partial charge < -0.3 is 9.72 Å². The van der Waals surface area contributed by atoms with Crippen molar-refractivity contribution in [2.45, 2.75) is 5.03 Å². The van der Waals surface area contributed by atoms with Gasteiger partial charge in [-0.2, -0.15) is 13.4 Å². The summed E-state index contributed by atoms with van der Waals surface area (Å²) in [5, 5.41) is 5.89. The topological polar surface area (TPSA) is 126 Å². The van der Waals surface area contributed by atoms with Gasteiger partial charge in [0.25, 0.3) is 10.0 Å². The van der Waals surface area contributed by atoms with Crippen molar-refractivity contribution in [2.75, 3.05) is 11.8 Å². The molecule has 0 saturated heterocycles. The highest BCUT2D eigenvalue weighted by Gasteiger charge is 2.17. The summed E-state index contributed by atoms with van der Waals surface area (Å²) in [7, 11) is -2.35. The fourth-order valence-corrected chi connectivity index (χ4v) is 1.82. The van der Waals surface area contributed by atoms with Crippen LogP contribution in [0.5, 0.6) is 6.01 Å². The molecule has 2 aromatic rings. The Morgan fingerprint density at radius 2 is 2.31 bits per heavy atom. The summed E-state index contributed by atoms with van der Waals surface area (Å²) >= 11 is 0. The number of hydrogen-bond donors (Lipinski definition) is 3. The molecular weight excluding hydrogens is 236 g/mol. The van der Waals surface area contributed by atoms with Crippen LogP contribution in [-0.2, 0) is 10.0 Å². The van der Waals surface area contributed by atoms with Crippen molar-refractivity contribution in [1.29, 1.82) is 0 Å². The predicted octanol–water partition coefficient (Wildman–Crippen LogP) is -0.663. The number of methoxy groups -OCH3 is 1. The van der Waals surface area contributed by atoms with Gasteiger partial charge in [-0.25, -0.2) is 14.8 Å². The number of anilines is 1. The van der Waals surface area contributed by atoms with Crippen LogP contribution in [0.3, 0.4) is 0 Å². The van der Waals surface area contributed by atoms with E-state index in [1.54, 1.807) is 0 Å². The van der Waals surface area contributed by atoms with Crippen molar-refractivity contribution >= 4 is 16.0 Å². The molecule has 0 aliphatic rings. The van der Waals surface area contributed by atoms with Gasteiger partial charge in [-0.1, -0.05) is 0 Å². The predicted molar refractivity (Wildman–Crippen MR) is 52.3 cm³/mol. The molecule has 0 atom stereocenters. The average Bonchev–Trinajstić information content (AvgIpc) is 2.86. The van der Waals surface area contributed by atoms with E-state index in [4.69, 9.17) is 4.74 Å². The van der Waals surface area contributed by atoms with Crippen LogP contribution >= 0.6 is 0 Å². The summed E-state index contributed by atoms with van der Waals surface area (Å²) in [4.78, 5) is 9.78. The molecule has 0 aromatic carbocycles. The lowest BCUT2D eigenvalue weighted by Gasteiger charge is -2.00. The van der Waals surface area contributed by atoms with Crippen LogP contribution in [0.15, 0.2) is 17.6 Å². The molecule has 0 fully saturated rings. The van der Waals surface area contributed by atoms with Crippen LogP contribution in [-0.4, -0.2) is 40.7 Å². The number of aromatic nitrogens is 5. The summed E-state index contributed by atoms with van der Waals surface area (Å²) in [6.45, 7) is 0. The second-order valence-electron chi connectivity index (χ2n) is 2.69. The number of sulfonamides is 1. The lowest BCUT2D eigenvalue weighted by atomic mass is 11.0. The number of aromatic amines is 2. The van der Waals surface area contributed by atoms with Crippen LogP contribution in [0, 0.1) is 0 Å². The Balaban J connectivity index is 2.21. The third kappa shape index (κ3) is 1.95. The summed E-state index contributed by atoms with van der Waals surface area (Å²) in [6, 6.07) is 0.0438. The summed E-state index contributed by atoms with van der Waals surface area (Å²) < 4.78 is 30.2. The van der Waals surface area contributed by atoms with Gasteiger partial charge in [-0.3, -0.25) is 0 Å². The molecule has 0 aliphatic carbocycles. The van der Waals surface area contributed by atoms with Crippen molar-refractivity contribution < 1.29 is 13.2 Å². The molecular formula is C6H8N6O3S. The molecule has 0 spiro atoms. The second-order valence-corrected chi connectivity index (χ2v) is 4.34. The number of ether oxygens (including phenoxy) is 1. The molecule has 0 unspecified atom stereocenters.